The summed E-state index contributed by atoms with van der Waals surface area (Å²) in [6, 6.07) is 8.17. The predicted molar refractivity (Wildman–Crippen MR) is 165 cm³/mol. The van der Waals surface area contributed by atoms with Crippen LogP contribution in [0, 0.1) is 5.92 Å². The van der Waals surface area contributed by atoms with E-state index in [-0.39, 0.29) is 68.0 Å². The van der Waals surface area contributed by atoms with Crippen molar-refractivity contribution < 1.29 is 27.5 Å². The average molecular weight is 633 g/mol. The molecule has 0 aliphatic carbocycles. The van der Waals surface area contributed by atoms with Gasteiger partial charge in [-0.15, -0.1) is 24.8 Å². The van der Waals surface area contributed by atoms with E-state index in [4.69, 9.17) is 15.2 Å². The number of nitrogens with one attached hydrogen (secondary N) is 2. The van der Waals surface area contributed by atoms with Crippen molar-refractivity contribution in [2.75, 3.05) is 30.9 Å². The number of carbonyl (C=O) groups excluding carboxylic acids is 2. The molecule has 1 rings (SSSR count). The third-order valence-electron chi connectivity index (χ3n) is 5.97. The second kappa shape index (κ2) is 20.7. The van der Waals surface area contributed by atoms with Gasteiger partial charge >= 0.3 is 5.97 Å². The lowest BCUT2D eigenvalue weighted by molar-refractivity contribution is -0.153. The molecular formula is C26H47Cl2N3O6S2. The zero-order valence-corrected chi connectivity index (χ0v) is 26.8. The van der Waals surface area contributed by atoms with Gasteiger partial charge in [0.15, 0.2) is 0 Å². The first-order chi connectivity index (χ1) is 17.4. The molecule has 1 aromatic carbocycles. The molecule has 0 aliphatic heterocycles. The van der Waals surface area contributed by atoms with E-state index in [1.807, 2.05) is 30.3 Å². The summed E-state index contributed by atoms with van der Waals surface area (Å²) >= 11 is 4.24. The molecule has 5 atom stereocenters. The highest BCUT2D eigenvalue weighted by Gasteiger charge is 2.30. The van der Waals surface area contributed by atoms with Crippen molar-refractivity contribution >= 4 is 59.2 Å². The molecule has 1 aromatic rings. The van der Waals surface area contributed by atoms with Crippen LogP contribution in [0.4, 0.5) is 0 Å². The Hall–Kier alpha value is -1.08. The Bertz CT molecular complexity index is 926. The minimum atomic E-state index is -3.35. The van der Waals surface area contributed by atoms with Crippen LogP contribution in [0.15, 0.2) is 30.3 Å². The number of rotatable bonds is 18. The average Bonchev–Trinajstić information content (AvgIpc) is 2.84. The van der Waals surface area contributed by atoms with E-state index >= 15 is 0 Å². The zero-order valence-electron chi connectivity index (χ0n) is 23.5. The summed E-state index contributed by atoms with van der Waals surface area (Å²) in [7, 11) is -3.35. The number of nitrogens with two attached hydrogens (primary N) is 1. The van der Waals surface area contributed by atoms with Crippen molar-refractivity contribution in [1.82, 2.24) is 10.6 Å². The Morgan fingerprint density at radius 1 is 1.10 bits per heavy atom. The Kier molecular flexibility index (Phi) is 21.3. The van der Waals surface area contributed by atoms with Gasteiger partial charge in [0.1, 0.15) is 22.0 Å². The van der Waals surface area contributed by atoms with E-state index in [0.29, 0.717) is 12.3 Å². The molecule has 0 fully saturated rings. The Morgan fingerprint density at radius 3 is 2.23 bits per heavy atom. The zero-order chi connectivity index (χ0) is 28.0. The normalized spacial score (nSPS) is 15.2. The van der Waals surface area contributed by atoms with Gasteiger partial charge in [-0.2, -0.15) is 12.6 Å². The summed E-state index contributed by atoms with van der Waals surface area (Å²) in [5, 5.41) is 6.11. The van der Waals surface area contributed by atoms with Crippen LogP contribution >= 0.6 is 37.4 Å². The molecule has 13 heteroatoms. The molecule has 0 aromatic heterocycles. The Balaban J connectivity index is 0. The van der Waals surface area contributed by atoms with Crippen molar-refractivity contribution in [3.63, 3.8) is 0 Å². The summed E-state index contributed by atoms with van der Waals surface area (Å²) in [6.07, 6.45) is 0.875. The molecule has 39 heavy (non-hydrogen) atoms. The monoisotopic (exact) mass is 631 g/mol. The van der Waals surface area contributed by atoms with Crippen molar-refractivity contribution in [3.05, 3.63) is 35.9 Å². The summed E-state index contributed by atoms with van der Waals surface area (Å²) < 4.78 is 34.9. The minimum Gasteiger partial charge on any atom is -0.461 e. The molecule has 0 bridgehead atoms. The number of hydrogen-bond donors (Lipinski definition) is 4. The van der Waals surface area contributed by atoms with E-state index in [9.17, 15) is 18.0 Å². The molecule has 0 radical (unpaired) electrons. The molecular weight excluding hydrogens is 585 g/mol. The molecule has 0 saturated carbocycles. The SMILES string of the molecule is CC[C@@H](C)[C@@H](CO[C@@H](Cc1ccccc1)C(=O)N[C@@H](CCS(C)(=O)=O)C(=O)OC(C)C)NC[C@@H](N)CS.Cl.Cl. The lowest BCUT2D eigenvalue weighted by atomic mass is 9.99. The van der Waals surface area contributed by atoms with Crippen LogP contribution in [0.1, 0.15) is 46.1 Å². The molecule has 0 heterocycles. The first-order valence-corrected chi connectivity index (χ1v) is 15.5. The van der Waals surface area contributed by atoms with Gasteiger partial charge in [-0.3, -0.25) is 4.79 Å². The van der Waals surface area contributed by atoms with Crippen molar-refractivity contribution in [1.29, 1.82) is 0 Å². The number of esters is 1. The smallest absolute Gasteiger partial charge is 0.328 e. The quantitative estimate of drug-likeness (QED) is 0.143. The largest absolute Gasteiger partial charge is 0.461 e. The second-order valence-corrected chi connectivity index (χ2v) is 12.4. The van der Waals surface area contributed by atoms with Crippen LogP contribution in [0.25, 0.3) is 0 Å². The van der Waals surface area contributed by atoms with Gasteiger partial charge in [-0.25, -0.2) is 13.2 Å². The molecule has 228 valence electrons. The Morgan fingerprint density at radius 2 is 1.72 bits per heavy atom. The van der Waals surface area contributed by atoms with Crippen molar-refractivity contribution in [2.45, 2.75) is 77.3 Å². The molecule has 0 aliphatic rings. The second-order valence-electron chi connectivity index (χ2n) is 9.82. The van der Waals surface area contributed by atoms with Gasteiger partial charge in [0.05, 0.1) is 18.5 Å². The molecule has 0 unspecified atom stereocenters. The minimum absolute atomic E-state index is 0. The van der Waals surface area contributed by atoms with Crippen molar-refractivity contribution in [2.24, 2.45) is 11.7 Å². The van der Waals surface area contributed by atoms with Crippen LogP contribution in [-0.4, -0.2) is 81.5 Å². The van der Waals surface area contributed by atoms with E-state index in [0.717, 1.165) is 18.2 Å². The first kappa shape index (κ1) is 40.1. The fourth-order valence-electron chi connectivity index (χ4n) is 3.51. The number of thiol groups is 1. The highest BCUT2D eigenvalue weighted by atomic mass is 35.5. The van der Waals surface area contributed by atoms with E-state index < -0.39 is 40.0 Å². The summed E-state index contributed by atoms with van der Waals surface area (Å²) in [4.78, 5) is 26.1. The number of ether oxygens (including phenoxy) is 2. The van der Waals surface area contributed by atoms with Crippen LogP contribution in [0.3, 0.4) is 0 Å². The fourth-order valence-corrected chi connectivity index (χ4v) is 4.30. The maximum Gasteiger partial charge on any atom is 0.328 e. The van der Waals surface area contributed by atoms with Gasteiger partial charge in [-0.05, 0) is 31.7 Å². The molecule has 9 nitrogen and oxygen atoms in total. The van der Waals surface area contributed by atoms with Gasteiger partial charge < -0.3 is 25.8 Å². The standard InChI is InChI=1S/C26H45N3O6S2.2ClH/c1-6-19(4)23(28-15-21(27)17-36)16-34-24(14-20-10-8-7-9-11-20)25(30)29-22(12-13-37(5,32)33)26(31)35-18(2)3;;/h7-11,18-19,21-24,28,36H,6,12-17,27H2,1-5H3,(H,29,30);2*1H/t19-,21-,22+,23-,24+;;/m1../s1. The number of hydrogen-bond acceptors (Lipinski definition) is 9. The van der Waals surface area contributed by atoms with Crippen molar-refractivity contribution in [3.8, 4) is 0 Å². The third kappa shape index (κ3) is 17.4. The number of carbonyl (C=O) groups is 2. The third-order valence-corrected chi connectivity index (χ3v) is 7.42. The van der Waals surface area contributed by atoms with Gasteiger partial charge in [-0.1, -0.05) is 50.6 Å². The first-order valence-electron chi connectivity index (χ1n) is 12.8. The summed E-state index contributed by atoms with van der Waals surface area (Å²) in [5.74, 6) is -0.637. The maximum absolute atomic E-state index is 13.4. The van der Waals surface area contributed by atoms with Crippen LogP contribution < -0.4 is 16.4 Å². The number of benzene rings is 1. The molecule has 4 N–H and O–H groups in total. The fraction of sp³-hybridized carbons (Fsp3) is 0.692. The van der Waals surface area contributed by atoms with E-state index in [2.05, 4.69) is 37.1 Å². The highest BCUT2D eigenvalue weighted by Crippen LogP contribution is 2.13. The number of amides is 1. The number of halogens is 2. The molecule has 0 saturated heterocycles. The lowest BCUT2D eigenvalue weighted by Gasteiger charge is -2.28. The highest BCUT2D eigenvalue weighted by molar-refractivity contribution is 7.90. The van der Waals surface area contributed by atoms with Crippen LogP contribution in [0.2, 0.25) is 0 Å². The lowest BCUT2D eigenvalue weighted by Crippen LogP contribution is -2.50. The van der Waals surface area contributed by atoms with Crippen LogP contribution in [0.5, 0.6) is 0 Å². The Labute approximate surface area is 252 Å². The van der Waals surface area contributed by atoms with E-state index in [1.54, 1.807) is 13.8 Å². The molecule has 0 spiro atoms. The van der Waals surface area contributed by atoms with Gasteiger partial charge in [0.2, 0.25) is 5.91 Å². The van der Waals surface area contributed by atoms with E-state index in [1.165, 1.54) is 0 Å². The van der Waals surface area contributed by atoms with Gasteiger partial charge in [0.25, 0.3) is 0 Å². The topological polar surface area (TPSA) is 137 Å². The summed E-state index contributed by atoms with van der Waals surface area (Å²) in [5.41, 5.74) is 6.91. The summed E-state index contributed by atoms with van der Waals surface area (Å²) in [6.45, 7) is 8.38. The van der Waals surface area contributed by atoms with Crippen LogP contribution in [-0.2, 0) is 35.3 Å². The predicted octanol–water partition coefficient (Wildman–Crippen LogP) is 2.59. The number of sulfone groups is 1. The molecule has 1 amide bonds. The maximum atomic E-state index is 13.4. The van der Waals surface area contributed by atoms with Gasteiger partial charge in [0, 0.05) is 37.1 Å².